The van der Waals surface area contributed by atoms with E-state index in [1.165, 1.54) is 20.5 Å². The summed E-state index contributed by atoms with van der Waals surface area (Å²) < 4.78 is 49.6. The number of nitrogens with one attached hydrogen (secondary N) is 8. The quantitative estimate of drug-likeness (QED) is 0.0117. The molecule has 3 fully saturated rings. The first-order chi connectivity index (χ1) is 42.2. The maximum Gasteiger partial charge on any atom is 0.242 e. The molecule has 3 aliphatic rings. The highest BCUT2D eigenvalue weighted by Crippen LogP contribution is 2.42. The van der Waals surface area contributed by atoms with Crippen LogP contribution < -0.4 is 42.5 Å². The van der Waals surface area contributed by atoms with Crippen LogP contribution in [0.2, 0.25) is 0 Å². The Balaban J connectivity index is 1.63. The van der Waals surface area contributed by atoms with Crippen molar-refractivity contribution in [2.45, 2.75) is 158 Å². The molecule has 2 heterocycles. The molecule has 0 aromatic heterocycles. The first-order valence-electron chi connectivity index (χ1n) is 29.0. The molecule has 14 unspecified atom stereocenters. The summed E-state index contributed by atoms with van der Waals surface area (Å²) in [4.78, 5) is 113. The van der Waals surface area contributed by atoms with Gasteiger partial charge < -0.3 is 136 Å². The lowest BCUT2D eigenvalue weighted by atomic mass is 9.86. The van der Waals surface area contributed by atoms with Crippen LogP contribution in [-0.4, -0.2) is 289 Å². The zero-order chi connectivity index (χ0) is 66.2. The molecule has 0 bridgehead atoms. The predicted molar refractivity (Wildman–Crippen MR) is 308 cm³/mol. The van der Waals surface area contributed by atoms with Crippen molar-refractivity contribution in [2.75, 3.05) is 106 Å². The zero-order valence-corrected chi connectivity index (χ0v) is 51.9. The van der Waals surface area contributed by atoms with Gasteiger partial charge in [-0.25, -0.2) is 0 Å². The molecule has 3 rings (SSSR count). The number of carbonyl (C=O) groups excluding carboxylic acids is 8. The Morgan fingerprint density at radius 1 is 0.596 bits per heavy atom. The van der Waals surface area contributed by atoms with Crippen LogP contribution in [0.3, 0.4) is 0 Å². The van der Waals surface area contributed by atoms with Crippen LogP contribution >= 0.6 is 6.49 Å². The van der Waals surface area contributed by atoms with Crippen LogP contribution in [0.4, 0.5) is 0 Å². The van der Waals surface area contributed by atoms with Crippen molar-refractivity contribution in [3.8, 4) is 0 Å². The fourth-order valence-corrected chi connectivity index (χ4v) is 10.4. The fraction of sp³-hybridized carbons (Fsp3) is 0.808. The monoisotopic (exact) mass is 1320 g/mol. The lowest BCUT2D eigenvalue weighted by Gasteiger charge is -2.42. The molecule has 8 amide bonds. The van der Waals surface area contributed by atoms with Gasteiger partial charge in [-0.1, -0.05) is 0 Å². The van der Waals surface area contributed by atoms with Crippen molar-refractivity contribution >= 4 is 65.6 Å². The van der Waals surface area contributed by atoms with Crippen molar-refractivity contribution in [1.82, 2.24) is 42.5 Å². The molecule has 2 saturated heterocycles. The minimum atomic E-state index is -2.98. The zero-order valence-electron chi connectivity index (χ0n) is 50.2. The number of aliphatic hydroxyl groups is 9. The van der Waals surface area contributed by atoms with Gasteiger partial charge in [-0.3, -0.25) is 38.4 Å². The van der Waals surface area contributed by atoms with E-state index in [2.05, 4.69) is 42.5 Å². The second kappa shape index (κ2) is 41.7. The van der Waals surface area contributed by atoms with E-state index in [0.717, 1.165) is 6.92 Å². The number of rotatable bonds is 41. The maximum atomic E-state index is 13.7. The van der Waals surface area contributed by atoms with Gasteiger partial charge in [-0.15, -0.1) is 0 Å². The Labute approximate surface area is 519 Å². The maximum absolute atomic E-state index is 13.7. The lowest BCUT2D eigenvalue weighted by molar-refractivity contribution is -0.272. The summed E-state index contributed by atoms with van der Waals surface area (Å²) in [6, 6.07) is -5.00. The van der Waals surface area contributed by atoms with Gasteiger partial charge in [-0.2, -0.15) is 0 Å². The van der Waals surface area contributed by atoms with Crippen LogP contribution in [-0.2, 0) is 92.6 Å². The van der Waals surface area contributed by atoms with E-state index in [1.807, 2.05) is 0 Å². The summed E-state index contributed by atoms with van der Waals surface area (Å²) in [5, 5.41) is 110. The van der Waals surface area contributed by atoms with E-state index < -0.39 is 177 Å². The van der Waals surface area contributed by atoms with Crippen LogP contribution in [0.5, 0.6) is 0 Å². The minimum Gasteiger partial charge on any atom is -0.508 e. The van der Waals surface area contributed by atoms with Gasteiger partial charge in [-0.05, 0) is 50.3 Å². The summed E-state index contributed by atoms with van der Waals surface area (Å²) in [7, 11) is 0. The molecular formula is C52H91N8O27PS. The van der Waals surface area contributed by atoms with Crippen LogP contribution in [0.15, 0.2) is 11.5 Å². The number of aliphatic hydroxyl groups excluding tert-OH is 9. The molecule has 1 saturated carbocycles. The molecular weight excluding hydrogens is 1230 g/mol. The van der Waals surface area contributed by atoms with Crippen molar-refractivity contribution in [1.29, 1.82) is 0 Å². The van der Waals surface area contributed by atoms with Crippen LogP contribution in [0.25, 0.3) is 0 Å². The molecule has 512 valence electrons. The van der Waals surface area contributed by atoms with Gasteiger partial charge in [0.1, 0.15) is 78.9 Å². The van der Waals surface area contributed by atoms with E-state index in [4.69, 9.17) is 54.2 Å². The van der Waals surface area contributed by atoms with E-state index in [9.17, 15) is 89.2 Å². The molecule has 0 aromatic rings. The number of carbonyl (C=O) groups is 8. The van der Waals surface area contributed by atoms with Gasteiger partial charge in [0, 0.05) is 65.8 Å². The van der Waals surface area contributed by atoms with E-state index in [0.29, 0.717) is 25.7 Å². The summed E-state index contributed by atoms with van der Waals surface area (Å²) in [6.07, 6.45) is -13.0. The largest absolute Gasteiger partial charge is 0.508 e. The highest BCUT2D eigenvalue weighted by atomic mass is 32.5. The lowest BCUT2D eigenvalue weighted by Crippen LogP contribution is -2.64. The standard InChI is InChI=1S/C52H91N8O27PS/c1-28(64)56-40(35(67)25-61)50(77)82-22-19-80-17-14-54-48(75)33(9-11-38(68)53-13-16-79-20-23-83-51-41(57-29(2)65)45(72)43(70)36(26-62)85-51)59-39(69)12-10-34(60-47(74)31-5-7-32(8-6-31)87-88(4,78)89)49(76)55-15-18-81-21-24-84-52-42(58-30(3)66)46(73)44(71)37(27-63)86-52/h31-34,36-37,41-46,50-52,61-63,67,70-73,77H,5-27H2,1-4H3,(H,53,68)(H,54,75)(H,55,76)(H,56,64)(H,57,65)(H,58,66)(H,59,69)(H,60,74)(H,78,89)/b40-35-. The Kier molecular flexibility index (Phi) is 36.7. The summed E-state index contributed by atoms with van der Waals surface area (Å²) in [5.41, 5.74) is -0.480. The number of ether oxygens (including phenoxy) is 8. The van der Waals surface area contributed by atoms with Crippen molar-refractivity contribution < 1.29 is 132 Å². The molecule has 35 nitrogen and oxygen atoms in total. The summed E-state index contributed by atoms with van der Waals surface area (Å²) in [6.45, 7) is -1.71. The Bertz CT molecular complexity index is 2310. The summed E-state index contributed by atoms with van der Waals surface area (Å²) >= 11 is 5.03. The SMILES string of the molecule is CC(=O)N/C(=C(\O)CO)C(O)OCCOCCNC(=O)C(CCC(=O)NCCOCCOC1OC(CO)C(O)C(O)C1NC(C)=O)NC(=O)CCC(NC(=O)C1CCC(OP(C)(O)=S)CC1)C(=O)NCCOCCOC1OC(CO)C(O)C(O)C1NC(C)=O. The Morgan fingerprint density at radius 3 is 1.48 bits per heavy atom. The van der Waals surface area contributed by atoms with Gasteiger partial charge in [0.05, 0.1) is 78.8 Å². The molecule has 18 N–H and O–H groups in total. The second-order valence-electron chi connectivity index (χ2n) is 20.9. The van der Waals surface area contributed by atoms with Gasteiger partial charge in [0.15, 0.2) is 25.4 Å². The molecule has 14 atom stereocenters. The number of hydrogen-bond acceptors (Lipinski definition) is 27. The molecule has 0 radical (unpaired) electrons. The van der Waals surface area contributed by atoms with Crippen LogP contribution in [0.1, 0.15) is 72.1 Å². The fourth-order valence-electron chi connectivity index (χ4n) is 9.27. The second-order valence-corrected chi connectivity index (χ2v) is 24.8. The molecule has 37 heteroatoms. The van der Waals surface area contributed by atoms with Crippen molar-refractivity contribution in [3.05, 3.63) is 11.5 Å². The summed E-state index contributed by atoms with van der Waals surface area (Å²) in [5.74, 6) is -6.31. The Hall–Kier alpha value is -4.77. The average molecular weight is 1320 g/mol. The average Bonchev–Trinajstić information content (AvgIpc) is 3.29. The normalized spacial score (nSPS) is 26.4. The van der Waals surface area contributed by atoms with E-state index >= 15 is 0 Å². The van der Waals surface area contributed by atoms with Crippen molar-refractivity contribution in [2.24, 2.45) is 5.92 Å². The first kappa shape index (κ1) is 78.5. The topological polar surface area (TPSA) is 518 Å². The first-order valence-corrected chi connectivity index (χ1v) is 32.1. The smallest absolute Gasteiger partial charge is 0.242 e. The predicted octanol–water partition coefficient (Wildman–Crippen LogP) is -7.42. The van der Waals surface area contributed by atoms with E-state index in [-0.39, 0.29) is 104 Å². The minimum absolute atomic E-state index is 0.0235. The van der Waals surface area contributed by atoms with Gasteiger partial charge in [0.25, 0.3) is 0 Å². The van der Waals surface area contributed by atoms with Gasteiger partial charge >= 0.3 is 0 Å². The third-order valence-corrected chi connectivity index (χ3v) is 14.6. The molecule has 89 heavy (non-hydrogen) atoms. The van der Waals surface area contributed by atoms with Crippen molar-refractivity contribution in [3.63, 3.8) is 0 Å². The highest BCUT2D eigenvalue weighted by Gasteiger charge is 2.47. The van der Waals surface area contributed by atoms with Gasteiger partial charge in [0.2, 0.25) is 47.3 Å². The Morgan fingerprint density at radius 2 is 1.04 bits per heavy atom. The molecule has 2 aliphatic heterocycles. The third kappa shape index (κ3) is 29.6. The molecule has 1 aliphatic carbocycles. The number of amides is 8. The molecule has 0 aromatic carbocycles. The third-order valence-electron chi connectivity index (χ3n) is 13.7. The highest BCUT2D eigenvalue weighted by molar-refractivity contribution is 8.09. The van der Waals surface area contributed by atoms with E-state index in [1.54, 1.807) is 0 Å². The number of hydrogen-bond donors (Lipinski definition) is 18. The van der Waals surface area contributed by atoms with Crippen LogP contribution in [0, 0.1) is 5.92 Å². The molecule has 0 spiro atoms.